The van der Waals surface area contributed by atoms with Gasteiger partial charge < -0.3 is 5.01 Å². The Morgan fingerprint density at radius 3 is 1.86 bits per heavy atom. The topological polar surface area (TPSA) is 58.7 Å². The van der Waals surface area contributed by atoms with Gasteiger partial charge in [-0.25, -0.2) is 0 Å². The first-order valence-electron chi connectivity index (χ1n) is 9.11. The van der Waals surface area contributed by atoms with Crippen LogP contribution in [0, 0.1) is 10.1 Å². The number of non-ortho nitro benzene ring substituents is 1. The highest BCUT2D eigenvalue weighted by Crippen LogP contribution is 2.41. The number of nitro groups is 1. The fraction of sp³-hybridized carbons (Fsp3) is 0.0870. The third-order valence-electron chi connectivity index (χ3n) is 4.61. The standard InChI is InChI=1S/C23H19N3O2S/c1-25(2)24-15-22-18-7-3-5-9-20(18)23(21-10-6-4-8-19(21)22)29-17-13-11-16(12-14-17)26(27)28/h3-15H,1-2H3. The van der Waals surface area contributed by atoms with Crippen molar-refractivity contribution in [2.24, 2.45) is 5.10 Å². The first-order valence-corrected chi connectivity index (χ1v) is 9.93. The molecular formula is C23H19N3O2S. The van der Waals surface area contributed by atoms with E-state index >= 15 is 0 Å². The van der Waals surface area contributed by atoms with E-state index in [-0.39, 0.29) is 10.6 Å². The second-order valence-electron chi connectivity index (χ2n) is 6.78. The zero-order chi connectivity index (χ0) is 20.4. The van der Waals surface area contributed by atoms with Crippen LogP contribution in [0.3, 0.4) is 0 Å². The zero-order valence-corrected chi connectivity index (χ0v) is 16.9. The average Bonchev–Trinajstić information content (AvgIpc) is 2.73. The fourth-order valence-electron chi connectivity index (χ4n) is 3.30. The van der Waals surface area contributed by atoms with Gasteiger partial charge in [0, 0.05) is 41.6 Å². The van der Waals surface area contributed by atoms with Gasteiger partial charge in [-0.3, -0.25) is 10.1 Å². The van der Waals surface area contributed by atoms with Crippen LogP contribution in [0.4, 0.5) is 5.69 Å². The van der Waals surface area contributed by atoms with E-state index in [9.17, 15) is 10.1 Å². The Balaban J connectivity index is 1.93. The molecule has 0 radical (unpaired) electrons. The maximum Gasteiger partial charge on any atom is 0.269 e. The monoisotopic (exact) mass is 401 g/mol. The molecule has 4 aromatic carbocycles. The van der Waals surface area contributed by atoms with Gasteiger partial charge in [0.25, 0.3) is 5.69 Å². The summed E-state index contributed by atoms with van der Waals surface area (Å²) in [6.45, 7) is 0. The average molecular weight is 401 g/mol. The molecule has 0 saturated heterocycles. The van der Waals surface area contributed by atoms with Crippen molar-refractivity contribution in [1.82, 2.24) is 5.01 Å². The van der Waals surface area contributed by atoms with Crippen molar-refractivity contribution in [3.05, 3.63) is 88.5 Å². The molecule has 6 heteroatoms. The van der Waals surface area contributed by atoms with Gasteiger partial charge in [0.05, 0.1) is 11.1 Å². The predicted octanol–water partition coefficient (Wildman–Crippen LogP) is 5.95. The Bertz CT molecular complexity index is 1180. The summed E-state index contributed by atoms with van der Waals surface area (Å²) < 4.78 is 0. The van der Waals surface area contributed by atoms with E-state index in [4.69, 9.17) is 0 Å². The summed E-state index contributed by atoms with van der Waals surface area (Å²) in [7, 11) is 3.80. The third kappa shape index (κ3) is 3.79. The minimum Gasteiger partial charge on any atom is -0.303 e. The van der Waals surface area contributed by atoms with Crippen molar-refractivity contribution in [1.29, 1.82) is 0 Å². The molecule has 0 spiro atoms. The van der Waals surface area contributed by atoms with Crippen molar-refractivity contribution >= 4 is 45.2 Å². The van der Waals surface area contributed by atoms with Crippen LogP contribution in [-0.2, 0) is 0 Å². The van der Waals surface area contributed by atoms with E-state index in [0.29, 0.717) is 0 Å². The van der Waals surface area contributed by atoms with E-state index in [0.717, 1.165) is 36.9 Å². The number of benzene rings is 4. The highest BCUT2D eigenvalue weighted by molar-refractivity contribution is 7.99. The lowest BCUT2D eigenvalue weighted by atomic mass is 9.97. The van der Waals surface area contributed by atoms with Crippen LogP contribution in [0.1, 0.15) is 5.56 Å². The van der Waals surface area contributed by atoms with Gasteiger partial charge in [0.15, 0.2) is 0 Å². The van der Waals surface area contributed by atoms with Gasteiger partial charge >= 0.3 is 0 Å². The molecule has 0 unspecified atom stereocenters. The van der Waals surface area contributed by atoms with Crippen molar-refractivity contribution in [3.8, 4) is 0 Å². The molecule has 0 N–H and O–H groups in total. The number of hydrogen-bond donors (Lipinski definition) is 0. The van der Waals surface area contributed by atoms with Gasteiger partial charge in [-0.15, -0.1) is 0 Å². The number of nitrogens with zero attached hydrogens (tertiary/aromatic N) is 3. The molecule has 0 aliphatic rings. The predicted molar refractivity (Wildman–Crippen MR) is 120 cm³/mol. The lowest BCUT2D eigenvalue weighted by Gasteiger charge is -2.15. The molecule has 29 heavy (non-hydrogen) atoms. The summed E-state index contributed by atoms with van der Waals surface area (Å²) in [5, 5.41) is 21.7. The molecule has 4 rings (SSSR count). The molecule has 0 saturated carbocycles. The smallest absolute Gasteiger partial charge is 0.269 e. The summed E-state index contributed by atoms with van der Waals surface area (Å²) in [5.41, 5.74) is 1.18. The van der Waals surface area contributed by atoms with Crippen molar-refractivity contribution in [2.75, 3.05) is 14.1 Å². The minimum atomic E-state index is -0.377. The van der Waals surface area contributed by atoms with Crippen LogP contribution in [0.15, 0.2) is 87.7 Å². The SMILES string of the molecule is CN(C)N=Cc1c2ccccc2c(Sc2ccc([N+](=O)[O-])cc2)c2ccccc12. The van der Waals surface area contributed by atoms with E-state index in [1.807, 2.05) is 44.6 Å². The highest BCUT2D eigenvalue weighted by Gasteiger charge is 2.14. The number of rotatable bonds is 5. The lowest BCUT2D eigenvalue weighted by molar-refractivity contribution is -0.384. The third-order valence-corrected chi connectivity index (χ3v) is 5.76. The summed E-state index contributed by atoms with van der Waals surface area (Å²) in [6, 6.07) is 23.3. The van der Waals surface area contributed by atoms with Crippen LogP contribution < -0.4 is 0 Å². The van der Waals surface area contributed by atoms with Crippen molar-refractivity contribution in [3.63, 3.8) is 0 Å². The quantitative estimate of drug-likeness (QED) is 0.179. The van der Waals surface area contributed by atoms with Gasteiger partial charge in [0.2, 0.25) is 0 Å². The molecule has 144 valence electrons. The molecule has 4 aromatic rings. The molecule has 0 bridgehead atoms. The Labute approximate surface area is 172 Å². The largest absolute Gasteiger partial charge is 0.303 e. The first kappa shape index (κ1) is 19.0. The number of nitro benzene ring substituents is 1. The zero-order valence-electron chi connectivity index (χ0n) is 16.1. The number of hydrazone groups is 1. The Hall–Kier alpha value is -3.38. The van der Waals surface area contributed by atoms with Crippen LogP contribution in [0.2, 0.25) is 0 Å². The van der Waals surface area contributed by atoms with Crippen molar-refractivity contribution in [2.45, 2.75) is 9.79 Å². The van der Waals surface area contributed by atoms with Gasteiger partial charge in [-0.2, -0.15) is 5.10 Å². The van der Waals surface area contributed by atoms with Crippen LogP contribution in [0.25, 0.3) is 21.5 Å². The lowest BCUT2D eigenvalue weighted by Crippen LogP contribution is -2.02. The minimum absolute atomic E-state index is 0.0966. The molecule has 0 aromatic heterocycles. The van der Waals surface area contributed by atoms with E-state index in [1.54, 1.807) is 41.0 Å². The Kier molecular flexibility index (Phi) is 5.18. The second kappa shape index (κ2) is 7.93. The number of hydrogen-bond acceptors (Lipinski definition) is 5. The molecule has 0 aliphatic heterocycles. The van der Waals surface area contributed by atoms with Crippen LogP contribution >= 0.6 is 11.8 Å². The normalized spacial score (nSPS) is 11.4. The van der Waals surface area contributed by atoms with Crippen LogP contribution in [-0.4, -0.2) is 30.2 Å². The molecule has 5 nitrogen and oxygen atoms in total. The first-order chi connectivity index (χ1) is 14.0. The van der Waals surface area contributed by atoms with Gasteiger partial charge in [0.1, 0.15) is 0 Å². The molecule has 0 fully saturated rings. The molecule has 0 heterocycles. The van der Waals surface area contributed by atoms with E-state index in [1.165, 1.54) is 0 Å². The summed E-state index contributed by atoms with van der Waals surface area (Å²) in [4.78, 5) is 12.7. The molecular weight excluding hydrogens is 382 g/mol. The fourth-order valence-corrected chi connectivity index (χ4v) is 4.38. The highest BCUT2D eigenvalue weighted by atomic mass is 32.2. The van der Waals surface area contributed by atoms with Gasteiger partial charge in [-0.05, 0) is 33.7 Å². The Morgan fingerprint density at radius 2 is 1.38 bits per heavy atom. The number of fused-ring (bicyclic) bond motifs is 2. The van der Waals surface area contributed by atoms with Crippen LogP contribution in [0.5, 0.6) is 0 Å². The Morgan fingerprint density at radius 1 is 0.862 bits per heavy atom. The summed E-state index contributed by atoms with van der Waals surface area (Å²) in [5.74, 6) is 0. The summed E-state index contributed by atoms with van der Waals surface area (Å²) in [6.07, 6.45) is 1.91. The maximum atomic E-state index is 11.0. The second-order valence-corrected chi connectivity index (χ2v) is 7.86. The maximum absolute atomic E-state index is 11.0. The van der Waals surface area contributed by atoms with E-state index in [2.05, 4.69) is 29.4 Å². The van der Waals surface area contributed by atoms with Gasteiger partial charge in [-0.1, -0.05) is 60.3 Å². The van der Waals surface area contributed by atoms with E-state index < -0.39 is 0 Å². The summed E-state index contributed by atoms with van der Waals surface area (Å²) >= 11 is 1.62. The molecule has 0 aliphatic carbocycles. The molecule has 0 atom stereocenters. The molecule has 0 amide bonds. The van der Waals surface area contributed by atoms with Crippen molar-refractivity contribution < 1.29 is 4.92 Å².